The lowest BCUT2D eigenvalue weighted by Gasteiger charge is -2.18. The summed E-state index contributed by atoms with van der Waals surface area (Å²) in [6, 6.07) is 2.34. The van der Waals surface area contributed by atoms with Crippen LogP contribution in [0.4, 0.5) is 15.8 Å². The molecule has 1 aromatic carbocycles. The van der Waals surface area contributed by atoms with E-state index in [1.165, 1.54) is 6.07 Å². The van der Waals surface area contributed by atoms with Crippen LogP contribution in [0.1, 0.15) is 26.2 Å². The highest BCUT2D eigenvalue weighted by Gasteiger charge is 2.26. The maximum Gasteiger partial charge on any atom is 0.295 e. The lowest BCUT2D eigenvalue weighted by atomic mass is 10.1. The zero-order valence-electron chi connectivity index (χ0n) is 9.95. The first-order chi connectivity index (χ1) is 8.49. The van der Waals surface area contributed by atoms with Crippen molar-refractivity contribution in [1.82, 2.24) is 0 Å². The number of nitro benzene ring substituents is 1. The SMILES string of the molecule is CC1CCCC1Nc1cc(Cl)c(F)cc1[N+](=O)[O-]. The van der Waals surface area contributed by atoms with E-state index in [4.69, 9.17) is 11.6 Å². The molecule has 2 rings (SSSR count). The zero-order chi connectivity index (χ0) is 13.3. The number of halogens is 2. The van der Waals surface area contributed by atoms with Gasteiger partial charge in [0.15, 0.2) is 0 Å². The number of hydrogen-bond donors (Lipinski definition) is 1. The Morgan fingerprint density at radius 3 is 2.78 bits per heavy atom. The molecule has 1 fully saturated rings. The Balaban J connectivity index is 2.30. The summed E-state index contributed by atoms with van der Waals surface area (Å²) < 4.78 is 13.2. The van der Waals surface area contributed by atoms with Crippen LogP contribution in [-0.2, 0) is 0 Å². The summed E-state index contributed by atoms with van der Waals surface area (Å²) in [6.07, 6.45) is 3.16. The van der Waals surface area contributed by atoms with Gasteiger partial charge >= 0.3 is 0 Å². The predicted molar refractivity (Wildman–Crippen MR) is 68.5 cm³/mol. The third kappa shape index (κ3) is 2.56. The molecule has 0 heterocycles. The van der Waals surface area contributed by atoms with Crippen LogP contribution in [0.2, 0.25) is 5.02 Å². The topological polar surface area (TPSA) is 55.2 Å². The number of hydrogen-bond acceptors (Lipinski definition) is 3. The third-order valence-electron chi connectivity index (χ3n) is 3.44. The largest absolute Gasteiger partial charge is 0.376 e. The van der Waals surface area contributed by atoms with Crippen molar-refractivity contribution in [1.29, 1.82) is 0 Å². The van der Waals surface area contributed by atoms with Crippen molar-refractivity contribution in [3.63, 3.8) is 0 Å². The van der Waals surface area contributed by atoms with Gasteiger partial charge in [-0.15, -0.1) is 0 Å². The number of nitrogens with zero attached hydrogens (tertiary/aromatic N) is 1. The fraction of sp³-hybridized carbons (Fsp3) is 0.500. The normalized spacial score (nSPS) is 23.1. The Kier molecular flexibility index (Phi) is 3.71. The van der Waals surface area contributed by atoms with Crippen LogP contribution in [0.5, 0.6) is 0 Å². The summed E-state index contributed by atoms with van der Waals surface area (Å²) in [5, 5.41) is 13.9. The lowest BCUT2D eigenvalue weighted by molar-refractivity contribution is -0.384. The first-order valence-electron chi connectivity index (χ1n) is 5.89. The summed E-state index contributed by atoms with van der Waals surface area (Å²) in [5.41, 5.74) is 0.0288. The van der Waals surface area contributed by atoms with Crippen molar-refractivity contribution in [2.75, 3.05) is 5.32 Å². The Bertz CT molecular complexity index is 481. The van der Waals surface area contributed by atoms with Crippen LogP contribution in [-0.4, -0.2) is 11.0 Å². The molecule has 0 aliphatic heterocycles. The van der Waals surface area contributed by atoms with Gasteiger partial charge in [-0.25, -0.2) is 4.39 Å². The summed E-state index contributed by atoms with van der Waals surface area (Å²) in [6.45, 7) is 2.10. The summed E-state index contributed by atoms with van der Waals surface area (Å²) >= 11 is 5.67. The molecule has 2 atom stereocenters. The van der Waals surface area contributed by atoms with Crippen LogP contribution in [0.25, 0.3) is 0 Å². The van der Waals surface area contributed by atoms with Gasteiger partial charge in [-0.3, -0.25) is 10.1 Å². The minimum absolute atomic E-state index is 0.103. The smallest absolute Gasteiger partial charge is 0.295 e. The van der Waals surface area contributed by atoms with Gasteiger partial charge in [0.1, 0.15) is 11.5 Å². The Morgan fingerprint density at radius 2 is 2.22 bits per heavy atom. The van der Waals surface area contributed by atoms with Crippen molar-refractivity contribution in [2.24, 2.45) is 5.92 Å². The molecule has 0 amide bonds. The number of nitrogens with one attached hydrogen (secondary N) is 1. The summed E-state index contributed by atoms with van der Waals surface area (Å²) in [4.78, 5) is 10.3. The quantitative estimate of drug-likeness (QED) is 0.669. The molecule has 0 aromatic heterocycles. The van der Waals surface area contributed by atoms with Crippen molar-refractivity contribution in [3.05, 3.63) is 33.1 Å². The van der Waals surface area contributed by atoms with Gasteiger partial charge in [-0.05, 0) is 24.8 Å². The Hall–Kier alpha value is -1.36. The van der Waals surface area contributed by atoms with Crippen LogP contribution in [0.15, 0.2) is 12.1 Å². The van der Waals surface area contributed by atoms with E-state index in [2.05, 4.69) is 12.2 Å². The fourth-order valence-electron chi connectivity index (χ4n) is 2.36. The number of rotatable bonds is 3. The highest BCUT2D eigenvalue weighted by atomic mass is 35.5. The minimum Gasteiger partial charge on any atom is -0.376 e. The molecule has 1 aromatic rings. The van der Waals surface area contributed by atoms with E-state index in [1.807, 2.05) is 0 Å². The molecule has 0 spiro atoms. The van der Waals surface area contributed by atoms with E-state index in [0.717, 1.165) is 25.3 Å². The van der Waals surface area contributed by atoms with Gasteiger partial charge in [0.05, 0.1) is 16.0 Å². The maximum absolute atomic E-state index is 13.2. The van der Waals surface area contributed by atoms with Crippen LogP contribution in [0.3, 0.4) is 0 Å². The molecular weight excluding hydrogens is 259 g/mol. The van der Waals surface area contributed by atoms with Crippen molar-refractivity contribution in [2.45, 2.75) is 32.2 Å². The fourth-order valence-corrected chi connectivity index (χ4v) is 2.53. The van der Waals surface area contributed by atoms with Gasteiger partial charge < -0.3 is 5.32 Å². The van der Waals surface area contributed by atoms with Gasteiger partial charge in [-0.2, -0.15) is 0 Å². The highest BCUT2D eigenvalue weighted by molar-refractivity contribution is 6.31. The van der Waals surface area contributed by atoms with Crippen LogP contribution in [0, 0.1) is 21.8 Å². The average molecular weight is 273 g/mol. The first-order valence-corrected chi connectivity index (χ1v) is 6.27. The van der Waals surface area contributed by atoms with Gasteiger partial charge in [0, 0.05) is 6.04 Å². The second kappa shape index (κ2) is 5.10. The molecule has 0 saturated heterocycles. The number of benzene rings is 1. The highest BCUT2D eigenvalue weighted by Crippen LogP contribution is 2.34. The molecule has 1 saturated carbocycles. The van der Waals surface area contributed by atoms with Gasteiger partial charge in [0.2, 0.25) is 0 Å². The van der Waals surface area contributed by atoms with E-state index < -0.39 is 10.7 Å². The molecule has 4 nitrogen and oxygen atoms in total. The average Bonchev–Trinajstić information content (AvgIpc) is 2.69. The second-order valence-corrected chi connectivity index (χ2v) is 5.11. The molecule has 6 heteroatoms. The molecule has 1 aliphatic rings. The minimum atomic E-state index is -0.770. The van der Waals surface area contributed by atoms with E-state index in [-0.39, 0.29) is 16.8 Å². The standard InChI is InChI=1S/C12H14ClFN2O2/c1-7-3-2-4-10(7)15-11-5-8(13)9(14)6-12(11)16(17)18/h5-7,10,15H,2-4H2,1H3. The van der Waals surface area contributed by atoms with Gasteiger partial charge in [-0.1, -0.05) is 24.9 Å². The van der Waals surface area contributed by atoms with Crippen molar-refractivity contribution < 1.29 is 9.31 Å². The Labute approximate surface area is 109 Å². The molecule has 1 aliphatic carbocycles. The molecule has 1 N–H and O–H groups in total. The molecule has 0 radical (unpaired) electrons. The predicted octanol–water partition coefficient (Wildman–Crippen LogP) is 3.99. The molecule has 18 heavy (non-hydrogen) atoms. The van der Waals surface area contributed by atoms with E-state index in [1.54, 1.807) is 0 Å². The lowest BCUT2D eigenvalue weighted by Crippen LogP contribution is -2.22. The molecule has 0 bridgehead atoms. The second-order valence-electron chi connectivity index (χ2n) is 4.70. The van der Waals surface area contributed by atoms with E-state index in [9.17, 15) is 14.5 Å². The number of nitro groups is 1. The van der Waals surface area contributed by atoms with E-state index >= 15 is 0 Å². The molecule has 98 valence electrons. The molecular formula is C12H14ClFN2O2. The van der Waals surface area contributed by atoms with Crippen molar-refractivity contribution >= 4 is 23.0 Å². The molecule has 2 unspecified atom stereocenters. The van der Waals surface area contributed by atoms with Crippen LogP contribution >= 0.6 is 11.6 Å². The van der Waals surface area contributed by atoms with E-state index in [0.29, 0.717) is 11.6 Å². The third-order valence-corrected chi connectivity index (χ3v) is 3.73. The maximum atomic E-state index is 13.2. The summed E-state index contributed by atoms with van der Waals surface area (Å²) in [7, 11) is 0. The first kappa shape index (κ1) is 13.1. The van der Waals surface area contributed by atoms with Crippen LogP contribution < -0.4 is 5.32 Å². The monoisotopic (exact) mass is 272 g/mol. The van der Waals surface area contributed by atoms with Crippen molar-refractivity contribution in [3.8, 4) is 0 Å². The number of anilines is 1. The van der Waals surface area contributed by atoms with Gasteiger partial charge in [0.25, 0.3) is 5.69 Å². The Morgan fingerprint density at radius 1 is 1.50 bits per heavy atom. The zero-order valence-corrected chi connectivity index (χ0v) is 10.7. The summed E-state index contributed by atoms with van der Waals surface area (Å²) in [5.74, 6) is -0.318.